The minimum atomic E-state index is -4.04. The third-order valence-electron chi connectivity index (χ3n) is 5.69. The zero-order chi connectivity index (χ0) is 20.5. The average Bonchev–Trinajstić information content (AvgIpc) is 2.66. The molecular weight excluding hydrogens is 375 g/mol. The SMILES string of the molecule is CCCCCCCCCCCCCCCCOP(=O)(O)O[C@H]1CCCC[C@H]1O. The van der Waals surface area contributed by atoms with Gasteiger partial charge in [0.15, 0.2) is 0 Å². The maximum Gasteiger partial charge on any atom is 0.472 e. The number of aliphatic hydroxyl groups is 1. The molecular formula is C22H45O5P. The summed E-state index contributed by atoms with van der Waals surface area (Å²) in [6.45, 7) is 2.51. The van der Waals surface area contributed by atoms with E-state index in [1.807, 2.05) is 0 Å². The van der Waals surface area contributed by atoms with Gasteiger partial charge in [0.2, 0.25) is 0 Å². The lowest BCUT2D eigenvalue weighted by molar-refractivity contribution is -0.0144. The van der Waals surface area contributed by atoms with Crippen LogP contribution in [-0.2, 0) is 13.6 Å². The number of phosphoric acid groups is 1. The second-order valence-electron chi connectivity index (χ2n) is 8.39. The van der Waals surface area contributed by atoms with Gasteiger partial charge in [-0.25, -0.2) is 4.57 Å². The van der Waals surface area contributed by atoms with Gasteiger partial charge in [-0.05, 0) is 19.3 Å². The van der Waals surface area contributed by atoms with Crippen LogP contribution >= 0.6 is 7.82 Å². The van der Waals surface area contributed by atoms with E-state index in [1.54, 1.807) is 0 Å². The number of hydrogen-bond donors (Lipinski definition) is 2. The zero-order valence-electron chi connectivity index (χ0n) is 18.2. The second kappa shape index (κ2) is 16.8. The van der Waals surface area contributed by atoms with Gasteiger partial charge in [-0.15, -0.1) is 0 Å². The molecule has 1 rings (SSSR count). The van der Waals surface area contributed by atoms with Gasteiger partial charge in [-0.3, -0.25) is 9.05 Å². The van der Waals surface area contributed by atoms with Crippen molar-refractivity contribution >= 4 is 7.82 Å². The molecule has 1 saturated carbocycles. The summed E-state index contributed by atoms with van der Waals surface area (Å²) < 4.78 is 22.2. The molecule has 0 radical (unpaired) electrons. The fourth-order valence-electron chi connectivity index (χ4n) is 3.88. The standard InChI is InChI=1S/C22H45O5P/c1-2-3-4-5-6-7-8-9-10-11-12-13-14-17-20-26-28(24,25)27-22-19-16-15-18-21(22)23/h21-23H,2-20H2,1H3,(H,24,25)/t21-,22+/m1/s1. The summed E-state index contributed by atoms with van der Waals surface area (Å²) >= 11 is 0. The van der Waals surface area contributed by atoms with Crippen LogP contribution in [0.5, 0.6) is 0 Å². The Kier molecular flexibility index (Phi) is 15.7. The van der Waals surface area contributed by atoms with E-state index >= 15 is 0 Å². The van der Waals surface area contributed by atoms with Gasteiger partial charge in [-0.2, -0.15) is 0 Å². The highest BCUT2D eigenvalue weighted by molar-refractivity contribution is 7.47. The van der Waals surface area contributed by atoms with Crippen molar-refractivity contribution in [1.29, 1.82) is 0 Å². The van der Waals surface area contributed by atoms with Crippen LogP contribution in [0.4, 0.5) is 0 Å². The van der Waals surface area contributed by atoms with Crippen LogP contribution in [0.2, 0.25) is 0 Å². The smallest absolute Gasteiger partial charge is 0.390 e. The number of unbranched alkanes of at least 4 members (excludes halogenated alkanes) is 13. The Bertz CT molecular complexity index is 404. The molecule has 0 aromatic carbocycles. The van der Waals surface area contributed by atoms with E-state index in [0.29, 0.717) is 12.8 Å². The highest BCUT2D eigenvalue weighted by atomic mass is 31.2. The van der Waals surface area contributed by atoms with Crippen molar-refractivity contribution in [1.82, 2.24) is 0 Å². The van der Waals surface area contributed by atoms with Crippen LogP contribution in [0, 0.1) is 0 Å². The van der Waals surface area contributed by atoms with Crippen LogP contribution in [-0.4, -0.2) is 28.8 Å². The van der Waals surface area contributed by atoms with Gasteiger partial charge < -0.3 is 10.00 Å². The summed E-state index contributed by atoms with van der Waals surface area (Å²) in [5, 5.41) is 9.82. The molecule has 0 aliphatic heterocycles. The number of hydrogen-bond acceptors (Lipinski definition) is 4. The first-order valence-electron chi connectivity index (χ1n) is 11.9. The predicted octanol–water partition coefficient (Wildman–Crippen LogP) is 6.90. The van der Waals surface area contributed by atoms with Crippen molar-refractivity contribution in [2.24, 2.45) is 0 Å². The van der Waals surface area contributed by atoms with E-state index in [-0.39, 0.29) is 6.61 Å². The molecule has 28 heavy (non-hydrogen) atoms. The van der Waals surface area contributed by atoms with Crippen molar-refractivity contribution in [2.75, 3.05) is 6.61 Å². The maximum absolute atomic E-state index is 12.0. The molecule has 6 heteroatoms. The van der Waals surface area contributed by atoms with Crippen LogP contribution in [0.1, 0.15) is 122 Å². The minimum absolute atomic E-state index is 0.245. The van der Waals surface area contributed by atoms with Crippen molar-refractivity contribution in [3.8, 4) is 0 Å². The molecule has 0 amide bonds. The number of aliphatic hydroxyl groups excluding tert-OH is 1. The Morgan fingerprint density at radius 2 is 1.25 bits per heavy atom. The lowest BCUT2D eigenvalue weighted by Gasteiger charge is -2.28. The van der Waals surface area contributed by atoms with Crippen molar-refractivity contribution in [2.45, 2.75) is 135 Å². The summed E-state index contributed by atoms with van der Waals surface area (Å²) in [5.74, 6) is 0. The molecule has 1 fully saturated rings. The molecule has 1 aliphatic rings. The van der Waals surface area contributed by atoms with Gasteiger partial charge in [0.05, 0.1) is 18.8 Å². The molecule has 0 bridgehead atoms. The van der Waals surface area contributed by atoms with Gasteiger partial charge in [0.25, 0.3) is 0 Å². The molecule has 0 spiro atoms. The van der Waals surface area contributed by atoms with Gasteiger partial charge >= 0.3 is 7.82 Å². The maximum atomic E-state index is 12.0. The highest BCUT2D eigenvalue weighted by Gasteiger charge is 2.32. The topological polar surface area (TPSA) is 76.0 Å². The molecule has 0 aromatic heterocycles. The lowest BCUT2D eigenvalue weighted by Crippen LogP contribution is -2.31. The summed E-state index contributed by atoms with van der Waals surface area (Å²) in [5.41, 5.74) is 0. The number of rotatable bonds is 18. The Morgan fingerprint density at radius 3 is 1.75 bits per heavy atom. The third-order valence-corrected chi connectivity index (χ3v) is 6.73. The molecule has 0 saturated heterocycles. The van der Waals surface area contributed by atoms with E-state index in [2.05, 4.69) is 6.92 Å². The van der Waals surface area contributed by atoms with Crippen molar-refractivity contribution in [3.05, 3.63) is 0 Å². The first-order valence-corrected chi connectivity index (χ1v) is 13.4. The quantitative estimate of drug-likeness (QED) is 0.186. The zero-order valence-corrected chi connectivity index (χ0v) is 19.1. The van der Waals surface area contributed by atoms with Crippen LogP contribution in [0.15, 0.2) is 0 Å². The van der Waals surface area contributed by atoms with Crippen molar-refractivity contribution < 1.29 is 23.6 Å². The lowest BCUT2D eigenvalue weighted by atomic mass is 9.95. The highest BCUT2D eigenvalue weighted by Crippen LogP contribution is 2.46. The molecule has 0 heterocycles. The summed E-state index contributed by atoms with van der Waals surface area (Å²) in [6, 6.07) is 0. The van der Waals surface area contributed by atoms with E-state index in [9.17, 15) is 14.6 Å². The number of phosphoric ester groups is 1. The predicted molar refractivity (Wildman–Crippen MR) is 115 cm³/mol. The summed E-state index contributed by atoms with van der Waals surface area (Å²) in [4.78, 5) is 9.79. The normalized spacial score (nSPS) is 22.2. The molecule has 1 aliphatic carbocycles. The van der Waals surface area contributed by atoms with E-state index in [4.69, 9.17) is 9.05 Å². The van der Waals surface area contributed by atoms with Gasteiger partial charge in [0, 0.05) is 0 Å². The fraction of sp³-hybridized carbons (Fsp3) is 1.00. The molecule has 168 valence electrons. The monoisotopic (exact) mass is 420 g/mol. The first kappa shape index (κ1) is 26.1. The van der Waals surface area contributed by atoms with Crippen molar-refractivity contribution in [3.63, 3.8) is 0 Å². The van der Waals surface area contributed by atoms with Crippen LogP contribution in [0.3, 0.4) is 0 Å². The third kappa shape index (κ3) is 14.1. The minimum Gasteiger partial charge on any atom is -0.390 e. The largest absolute Gasteiger partial charge is 0.472 e. The molecule has 2 N–H and O–H groups in total. The van der Waals surface area contributed by atoms with Gasteiger partial charge in [0.1, 0.15) is 0 Å². The van der Waals surface area contributed by atoms with Crippen LogP contribution in [0.25, 0.3) is 0 Å². The Hall–Kier alpha value is 0.0700. The summed E-state index contributed by atoms with van der Waals surface area (Å²) in [7, 11) is -4.04. The average molecular weight is 421 g/mol. The Labute approximate surface area is 173 Å². The molecule has 5 nitrogen and oxygen atoms in total. The van der Waals surface area contributed by atoms with E-state index in [1.165, 1.54) is 70.6 Å². The Morgan fingerprint density at radius 1 is 0.786 bits per heavy atom. The molecule has 1 unspecified atom stereocenters. The Balaban J connectivity index is 1.86. The first-order chi connectivity index (χ1) is 13.5. The summed E-state index contributed by atoms with van der Waals surface area (Å²) in [6.07, 6.45) is 19.7. The van der Waals surface area contributed by atoms with Crippen LogP contribution < -0.4 is 0 Å². The van der Waals surface area contributed by atoms with E-state index in [0.717, 1.165) is 32.1 Å². The second-order valence-corrected chi connectivity index (χ2v) is 9.80. The molecule has 3 atom stereocenters. The molecule has 0 aromatic rings. The van der Waals surface area contributed by atoms with E-state index < -0.39 is 20.0 Å². The van der Waals surface area contributed by atoms with Gasteiger partial charge in [-0.1, -0.05) is 103 Å². The fourth-order valence-corrected chi connectivity index (χ4v) is 4.89.